The molecular weight excluding hydrogens is 173 g/mol. The zero-order valence-electron chi connectivity index (χ0n) is 8.54. The van der Waals surface area contributed by atoms with E-state index in [1.807, 2.05) is 24.4 Å². The summed E-state index contributed by atoms with van der Waals surface area (Å²) < 4.78 is 0. The molecule has 0 amide bonds. The topological polar surface area (TPSA) is 3.24 Å². The van der Waals surface area contributed by atoms with E-state index in [9.17, 15) is 0 Å². The van der Waals surface area contributed by atoms with Crippen LogP contribution in [0.3, 0.4) is 0 Å². The zero-order chi connectivity index (χ0) is 7.56. The van der Waals surface area contributed by atoms with Crippen LogP contribution < -0.4 is 51.4 Å². The molecule has 2 heteroatoms. The second-order valence-corrected chi connectivity index (χ2v) is 2.69. The Morgan fingerprint density at radius 3 is 2.33 bits per heavy atom. The van der Waals surface area contributed by atoms with E-state index in [2.05, 4.69) is 25.3 Å². The minimum atomic E-state index is 0. The van der Waals surface area contributed by atoms with Crippen molar-refractivity contribution in [1.82, 2.24) is 4.90 Å². The van der Waals surface area contributed by atoms with Crippen LogP contribution in [0.5, 0.6) is 0 Å². The molecule has 0 unspecified atom stereocenters. The van der Waals surface area contributed by atoms with Crippen LogP contribution in [-0.2, 0) is 0 Å². The fourth-order valence-corrected chi connectivity index (χ4v) is 0.995. The molecule has 1 rings (SSSR count). The van der Waals surface area contributed by atoms with Crippen molar-refractivity contribution in [1.29, 1.82) is 0 Å². The predicted octanol–water partition coefficient (Wildman–Crippen LogP) is 0.0466. The first-order chi connectivity index (χ1) is 4.72. The third kappa shape index (κ3) is 4.05. The van der Waals surface area contributed by atoms with E-state index >= 15 is 0 Å². The van der Waals surface area contributed by atoms with Gasteiger partial charge in [0, 0.05) is 17.9 Å². The Bertz CT molecular complexity index is 197. The van der Waals surface area contributed by atoms with E-state index in [0.717, 1.165) is 5.70 Å². The molecule has 1 heterocycles. The van der Waals surface area contributed by atoms with Gasteiger partial charge in [0.1, 0.15) is 0 Å². The monoisotopic (exact) mass is 191 g/mol. The fraction of sp³-hybridized carbons (Fsp3) is 0.400. The van der Waals surface area contributed by atoms with Gasteiger partial charge in [-0.15, -0.1) is 0 Å². The average molecular weight is 191 g/mol. The molecule has 0 radical (unpaired) electrons. The molecule has 0 aromatic carbocycles. The minimum absolute atomic E-state index is 0. The number of nitrogens with zero attached hydrogens (tertiary/aromatic N) is 1. The SMILES string of the molecule is C.C=C1C=CC=CN1C(C)C.[H-].[K+]. The Balaban J connectivity index is -0.000000333. The van der Waals surface area contributed by atoms with E-state index in [-0.39, 0.29) is 60.2 Å². The van der Waals surface area contributed by atoms with Gasteiger partial charge in [0.05, 0.1) is 0 Å². The molecule has 64 valence electrons. The fourth-order valence-electron chi connectivity index (χ4n) is 0.995. The smallest absolute Gasteiger partial charge is 1.00 e. The van der Waals surface area contributed by atoms with Gasteiger partial charge in [-0.1, -0.05) is 20.1 Å². The molecule has 0 saturated heterocycles. The standard InChI is InChI=1S/C9H13N.CH4.K.H/c1-8(2)10-7-5-4-6-9(10)3;;;/h4-8H,3H2,1-2H3;1H4;;/q;;+1;-1. The van der Waals surface area contributed by atoms with Gasteiger partial charge in [0.2, 0.25) is 0 Å². The minimum Gasteiger partial charge on any atom is -1.00 e. The number of allylic oxidation sites excluding steroid dienone is 3. The van der Waals surface area contributed by atoms with Gasteiger partial charge in [-0.25, -0.2) is 0 Å². The van der Waals surface area contributed by atoms with Crippen molar-refractivity contribution in [2.45, 2.75) is 27.3 Å². The summed E-state index contributed by atoms with van der Waals surface area (Å²) in [5, 5.41) is 0. The van der Waals surface area contributed by atoms with Crippen LogP contribution in [0, 0.1) is 0 Å². The summed E-state index contributed by atoms with van der Waals surface area (Å²) in [6.45, 7) is 8.20. The molecule has 0 spiro atoms. The molecule has 0 fully saturated rings. The Labute approximate surface area is 120 Å². The molecule has 12 heavy (non-hydrogen) atoms. The number of hydrogen-bond acceptors (Lipinski definition) is 1. The van der Waals surface area contributed by atoms with Crippen LogP contribution in [-0.4, -0.2) is 10.9 Å². The predicted molar refractivity (Wildman–Crippen MR) is 52.2 cm³/mol. The van der Waals surface area contributed by atoms with E-state index < -0.39 is 0 Å². The number of hydrogen-bond donors (Lipinski definition) is 0. The number of rotatable bonds is 1. The second kappa shape index (κ2) is 7.10. The van der Waals surface area contributed by atoms with Gasteiger partial charge in [0.25, 0.3) is 0 Å². The average Bonchev–Trinajstić information content (AvgIpc) is 1.88. The quantitative estimate of drug-likeness (QED) is 0.529. The summed E-state index contributed by atoms with van der Waals surface area (Å²) in [5.74, 6) is 0. The summed E-state index contributed by atoms with van der Waals surface area (Å²) in [4.78, 5) is 2.14. The third-order valence-electron chi connectivity index (χ3n) is 1.53. The van der Waals surface area contributed by atoms with Crippen molar-refractivity contribution in [2.24, 2.45) is 0 Å². The first-order valence-electron chi connectivity index (χ1n) is 3.54. The summed E-state index contributed by atoms with van der Waals surface area (Å²) in [6, 6.07) is 0.508. The van der Waals surface area contributed by atoms with Crippen molar-refractivity contribution in [3.63, 3.8) is 0 Å². The van der Waals surface area contributed by atoms with E-state index in [0.29, 0.717) is 6.04 Å². The molecule has 0 bridgehead atoms. The maximum atomic E-state index is 3.90. The molecular formula is C10H18KN. The third-order valence-corrected chi connectivity index (χ3v) is 1.53. The van der Waals surface area contributed by atoms with Gasteiger partial charge >= 0.3 is 51.4 Å². The van der Waals surface area contributed by atoms with Crippen molar-refractivity contribution >= 4 is 0 Å². The normalized spacial score (nSPS) is 14.2. The summed E-state index contributed by atoms with van der Waals surface area (Å²) in [7, 11) is 0. The summed E-state index contributed by atoms with van der Waals surface area (Å²) >= 11 is 0. The van der Waals surface area contributed by atoms with Gasteiger partial charge in [-0.3, -0.25) is 0 Å². The first kappa shape index (κ1) is 15.1. The van der Waals surface area contributed by atoms with E-state index in [1.165, 1.54) is 0 Å². The molecule has 0 N–H and O–H groups in total. The van der Waals surface area contributed by atoms with Crippen LogP contribution in [0.15, 0.2) is 36.7 Å². The molecule has 0 saturated carbocycles. The maximum Gasteiger partial charge on any atom is 1.00 e. The van der Waals surface area contributed by atoms with Crippen LogP contribution in [0.1, 0.15) is 22.7 Å². The summed E-state index contributed by atoms with van der Waals surface area (Å²) in [6.07, 6.45) is 8.09. The van der Waals surface area contributed by atoms with Crippen LogP contribution in [0.4, 0.5) is 0 Å². The van der Waals surface area contributed by atoms with Crippen molar-refractivity contribution in [3.8, 4) is 0 Å². The molecule has 0 aromatic heterocycles. The molecule has 0 aliphatic carbocycles. The molecule has 1 aliphatic rings. The Kier molecular flexibility index (Phi) is 8.96. The van der Waals surface area contributed by atoms with Crippen LogP contribution >= 0.6 is 0 Å². The van der Waals surface area contributed by atoms with E-state index in [1.54, 1.807) is 0 Å². The summed E-state index contributed by atoms with van der Waals surface area (Å²) in [5.41, 5.74) is 1.07. The van der Waals surface area contributed by atoms with Gasteiger partial charge in [0.15, 0.2) is 0 Å². The Morgan fingerprint density at radius 1 is 1.42 bits per heavy atom. The maximum absolute atomic E-state index is 3.90. The van der Waals surface area contributed by atoms with Crippen LogP contribution in [0.25, 0.3) is 0 Å². The van der Waals surface area contributed by atoms with E-state index in [4.69, 9.17) is 0 Å². The first-order valence-corrected chi connectivity index (χ1v) is 3.54. The van der Waals surface area contributed by atoms with Crippen molar-refractivity contribution < 1.29 is 52.8 Å². The van der Waals surface area contributed by atoms with Gasteiger partial charge in [-0.2, -0.15) is 0 Å². The molecule has 1 nitrogen and oxygen atoms in total. The molecule has 0 aromatic rings. The van der Waals surface area contributed by atoms with Crippen molar-refractivity contribution in [3.05, 3.63) is 36.7 Å². The van der Waals surface area contributed by atoms with Gasteiger partial charge < -0.3 is 6.33 Å². The zero-order valence-corrected chi connectivity index (χ0v) is 10.7. The Hall–Kier alpha value is 0.656. The van der Waals surface area contributed by atoms with Gasteiger partial charge in [-0.05, 0) is 26.0 Å². The largest absolute Gasteiger partial charge is 1.00 e. The van der Waals surface area contributed by atoms with Crippen LogP contribution in [0.2, 0.25) is 0 Å². The Morgan fingerprint density at radius 2 is 2.00 bits per heavy atom. The second-order valence-electron chi connectivity index (χ2n) is 2.69. The molecule has 0 atom stereocenters. The molecule has 1 aliphatic heterocycles. The van der Waals surface area contributed by atoms with Crippen molar-refractivity contribution in [2.75, 3.05) is 0 Å².